The maximum absolute atomic E-state index is 13.2. The molecule has 18 heavy (non-hydrogen) atoms. The van der Waals surface area contributed by atoms with Crippen molar-refractivity contribution in [1.29, 1.82) is 5.26 Å². The standard InChI is InChI=1S/C13H9FN4/c14-10-1-2-11-7(5-10)3-8-4-9(6-15)13(18-16)17-12(8)11/h1-2,4-5H,3,16H2,(H,17,18). The minimum Gasteiger partial charge on any atom is -0.307 e. The SMILES string of the molecule is N#Cc1cc2c(nc1NN)-c1ccc(F)cc1C2. The zero-order chi connectivity index (χ0) is 12.7. The van der Waals surface area contributed by atoms with Gasteiger partial charge in [0.15, 0.2) is 5.82 Å². The Morgan fingerprint density at radius 1 is 1.33 bits per heavy atom. The van der Waals surface area contributed by atoms with Gasteiger partial charge in [-0.15, -0.1) is 0 Å². The number of nitrogens with one attached hydrogen (secondary N) is 1. The molecular weight excluding hydrogens is 231 g/mol. The van der Waals surface area contributed by atoms with E-state index in [4.69, 9.17) is 11.1 Å². The van der Waals surface area contributed by atoms with Crippen LogP contribution < -0.4 is 11.3 Å². The molecule has 0 atom stereocenters. The van der Waals surface area contributed by atoms with E-state index < -0.39 is 0 Å². The van der Waals surface area contributed by atoms with E-state index in [1.165, 1.54) is 12.1 Å². The fraction of sp³-hybridized carbons (Fsp3) is 0.0769. The number of hydrogen-bond acceptors (Lipinski definition) is 4. The molecule has 88 valence electrons. The van der Waals surface area contributed by atoms with Gasteiger partial charge in [-0.1, -0.05) is 0 Å². The molecule has 0 saturated heterocycles. The van der Waals surface area contributed by atoms with Gasteiger partial charge in [-0.3, -0.25) is 0 Å². The highest BCUT2D eigenvalue weighted by Crippen LogP contribution is 2.37. The average molecular weight is 240 g/mol. The molecule has 3 N–H and O–H groups in total. The number of fused-ring (bicyclic) bond motifs is 3. The van der Waals surface area contributed by atoms with Crippen LogP contribution in [0.4, 0.5) is 10.2 Å². The summed E-state index contributed by atoms with van der Waals surface area (Å²) in [4.78, 5) is 4.33. The lowest BCUT2D eigenvalue weighted by Gasteiger charge is -2.06. The Labute approximate surface area is 103 Å². The molecule has 2 aromatic rings. The summed E-state index contributed by atoms with van der Waals surface area (Å²) in [5.41, 5.74) is 6.27. The lowest BCUT2D eigenvalue weighted by Crippen LogP contribution is -2.11. The molecule has 1 aliphatic carbocycles. The highest BCUT2D eigenvalue weighted by Gasteiger charge is 2.22. The highest BCUT2D eigenvalue weighted by atomic mass is 19.1. The van der Waals surface area contributed by atoms with Crippen molar-refractivity contribution in [3.63, 3.8) is 0 Å². The molecular formula is C13H9FN4. The minimum absolute atomic E-state index is 0.265. The topological polar surface area (TPSA) is 74.7 Å². The molecule has 0 aliphatic heterocycles. The normalized spacial score (nSPS) is 11.6. The number of nitrogens with zero attached hydrogens (tertiary/aromatic N) is 2. The fourth-order valence-corrected chi connectivity index (χ4v) is 2.26. The number of hydrazine groups is 1. The summed E-state index contributed by atoms with van der Waals surface area (Å²) >= 11 is 0. The molecule has 0 bridgehead atoms. The number of aromatic nitrogens is 1. The van der Waals surface area contributed by atoms with Gasteiger partial charge in [0.25, 0.3) is 0 Å². The zero-order valence-electron chi connectivity index (χ0n) is 9.37. The third-order valence-corrected chi connectivity index (χ3v) is 3.06. The van der Waals surface area contributed by atoms with Crippen LogP contribution in [0.25, 0.3) is 11.3 Å². The molecule has 1 heterocycles. The first-order valence-corrected chi connectivity index (χ1v) is 5.42. The smallest absolute Gasteiger partial charge is 0.158 e. The Balaban J connectivity index is 2.22. The molecule has 1 aromatic heterocycles. The summed E-state index contributed by atoms with van der Waals surface area (Å²) in [7, 11) is 0. The van der Waals surface area contributed by atoms with Gasteiger partial charge in [-0.25, -0.2) is 15.2 Å². The first-order valence-electron chi connectivity index (χ1n) is 5.42. The van der Waals surface area contributed by atoms with Gasteiger partial charge in [-0.05, 0) is 35.4 Å². The van der Waals surface area contributed by atoms with Crippen molar-refractivity contribution in [3.05, 3.63) is 46.8 Å². The molecule has 0 amide bonds. The summed E-state index contributed by atoms with van der Waals surface area (Å²) in [5.74, 6) is 5.42. The Morgan fingerprint density at radius 3 is 2.89 bits per heavy atom. The summed E-state index contributed by atoms with van der Waals surface area (Å²) in [6.07, 6.45) is 0.592. The number of nitrogens with two attached hydrogens (primary N) is 1. The number of benzene rings is 1. The van der Waals surface area contributed by atoms with Crippen LogP contribution in [-0.4, -0.2) is 4.98 Å². The molecule has 3 rings (SSSR count). The number of rotatable bonds is 1. The maximum atomic E-state index is 13.2. The van der Waals surface area contributed by atoms with E-state index >= 15 is 0 Å². The number of nitrogen functional groups attached to an aromatic ring is 1. The molecule has 5 heteroatoms. The van der Waals surface area contributed by atoms with Crippen LogP contribution in [0.5, 0.6) is 0 Å². The molecule has 1 aromatic carbocycles. The zero-order valence-corrected chi connectivity index (χ0v) is 9.37. The van der Waals surface area contributed by atoms with E-state index in [-0.39, 0.29) is 5.82 Å². The van der Waals surface area contributed by atoms with Crippen molar-refractivity contribution in [3.8, 4) is 17.3 Å². The summed E-state index contributed by atoms with van der Waals surface area (Å²) in [5, 5.41) is 9.00. The summed E-state index contributed by atoms with van der Waals surface area (Å²) in [6.45, 7) is 0. The second-order valence-corrected chi connectivity index (χ2v) is 4.13. The van der Waals surface area contributed by atoms with Crippen molar-refractivity contribution in [1.82, 2.24) is 4.98 Å². The van der Waals surface area contributed by atoms with Crippen LogP contribution >= 0.6 is 0 Å². The molecule has 0 spiro atoms. The number of pyridine rings is 1. The number of nitriles is 1. The molecule has 0 unspecified atom stereocenters. The van der Waals surface area contributed by atoms with Crippen molar-refractivity contribution in [2.45, 2.75) is 6.42 Å². The Kier molecular flexibility index (Phi) is 2.25. The predicted molar refractivity (Wildman–Crippen MR) is 65.0 cm³/mol. The number of hydrogen-bond donors (Lipinski definition) is 2. The third-order valence-electron chi connectivity index (χ3n) is 3.06. The van der Waals surface area contributed by atoms with Crippen molar-refractivity contribution >= 4 is 5.82 Å². The Bertz CT molecular complexity index is 688. The maximum Gasteiger partial charge on any atom is 0.158 e. The average Bonchev–Trinajstić information content (AvgIpc) is 2.73. The predicted octanol–water partition coefficient (Wildman–Crippen LogP) is 1.95. The summed E-state index contributed by atoms with van der Waals surface area (Å²) < 4.78 is 13.2. The molecule has 4 nitrogen and oxygen atoms in total. The van der Waals surface area contributed by atoms with E-state index in [9.17, 15) is 4.39 Å². The monoisotopic (exact) mass is 240 g/mol. The number of halogens is 1. The molecule has 0 fully saturated rings. The molecule has 1 aliphatic rings. The van der Waals surface area contributed by atoms with E-state index in [2.05, 4.69) is 10.4 Å². The largest absolute Gasteiger partial charge is 0.307 e. The van der Waals surface area contributed by atoms with E-state index in [1.54, 1.807) is 12.1 Å². The van der Waals surface area contributed by atoms with Crippen molar-refractivity contribution in [2.24, 2.45) is 5.84 Å². The van der Waals surface area contributed by atoms with E-state index in [0.717, 1.165) is 22.4 Å². The number of anilines is 1. The lowest BCUT2D eigenvalue weighted by molar-refractivity contribution is 0.626. The van der Waals surface area contributed by atoms with E-state index in [1.807, 2.05) is 6.07 Å². The molecule has 0 radical (unpaired) electrons. The fourth-order valence-electron chi connectivity index (χ4n) is 2.26. The first kappa shape index (κ1) is 10.7. The van der Waals surface area contributed by atoms with Gasteiger partial charge in [0, 0.05) is 12.0 Å². The van der Waals surface area contributed by atoms with Crippen LogP contribution in [0.1, 0.15) is 16.7 Å². The second-order valence-electron chi connectivity index (χ2n) is 4.13. The minimum atomic E-state index is -0.265. The molecule has 0 saturated carbocycles. The van der Waals surface area contributed by atoms with Crippen LogP contribution in [0.15, 0.2) is 24.3 Å². The van der Waals surface area contributed by atoms with Gasteiger partial charge in [0.2, 0.25) is 0 Å². The highest BCUT2D eigenvalue weighted by molar-refractivity contribution is 5.76. The van der Waals surface area contributed by atoms with Gasteiger partial charge in [0.05, 0.1) is 11.3 Å². The van der Waals surface area contributed by atoms with Gasteiger partial charge < -0.3 is 5.43 Å². The van der Waals surface area contributed by atoms with Crippen LogP contribution in [0.2, 0.25) is 0 Å². The van der Waals surface area contributed by atoms with Crippen LogP contribution in [0, 0.1) is 17.1 Å². The van der Waals surface area contributed by atoms with Crippen LogP contribution in [0.3, 0.4) is 0 Å². The Hall–Kier alpha value is -2.45. The summed E-state index contributed by atoms with van der Waals surface area (Å²) in [6, 6.07) is 8.39. The quantitative estimate of drug-likeness (QED) is 0.503. The van der Waals surface area contributed by atoms with Gasteiger partial charge >= 0.3 is 0 Å². The first-order chi connectivity index (χ1) is 8.72. The van der Waals surface area contributed by atoms with Crippen molar-refractivity contribution < 1.29 is 4.39 Å². The lowest BCUT2D eigenvalue weighted by atomic mass is 10.1. The van der Waals surface area contributed by atoms with Crippen LogP contribution in [-0.2, 0) is 6.42 Å². The Morgan fingerprint density at radius 2 is 2.17 bits per heavy atom. The third kappa shape index (κ3) is 1.44. The van der Waals surface area contributed by atoms with E-state index in [0.29, 0.717) is 17.8 Å². The second kappa shape index (κ2) is 3.79. The van der Waals surface area contributed by atoms with Gasteiger partial charge in [0.1, 0.15) is 11.9 Å². The van der Waals surface area contributed by atoms with Gasteiger partial charge in [-0.2, -0.15) is 5.26 Å². The van der Waals surface area contributed by atoms with Crippen molar-refractivity contribution in [2.75, 3.05) is 5.43 Å².